The fraction of sp³-hybridized carbons (Fsp3) is 0. The van der Waals surface area contributed by atoms with Gasteiger partial charge in [0.25, 0.3) is 0 Å². The largest absolute Gasteiger partial charge is 0.351 e. The first kappa shape index (κ1) is 7.66. The first-order valence-electron chi connectivity index (χ1n) is 3.45. The molecule has 2 rings (SSSR count). The van der Waals surface area contributed by atoms with Crippen LogP contribution < -0.4 is 11.4 Å². The molecular weight excluding hydrogens is 177 g/mol. The molecule has 0 unspecified atom stereocenters. The van der Waals surface area contributed by atoms with Crippen molar-refractivity contribution in [2.75, 3.05) is 0 Å². The lowest BCUT2D eigenvalue weighted by molar-refractivity contribution is 0.615. The van der Waals surface area contributed by atoms with Gasteiger partial charge in [-0.2, -0.15) is 4.98 Å². The van der Waals surface area contributed by atoms with Crippen LogP contribution in [0.25, 0.3) is 5.65 Å². The molecule has 1 N–H and O–H groups in total. The monoisotopic (exact) mass is 181 g/mol. The van der Waals surface area contributed by atoms with Crippen molar-refractivity contribution < 1.29 is 4.39 Å². The number of hydrogen-bond acceptors (Lipinski definition) is 3. The molecule has 0 saturated heterocycles. The van der Waals surface area contributed by atoms with Crippen LogP contribution in [0.5, 0.6) is 0 Å². The van der Waals surface area contributed by atoms with Crippen LogP contribution in [-0.2, 0) is 0 Å². The van der Waals surface area contributed by atoms with Crippen molar-refractivity contribution in [3.63, 3.8) is 0 Å². The second kappa shape index (κ2) is 2.51. The maximum Gasteiger partial charge on any atom is 0.351 e. The van der Waals surface area contributed by atoms with Crippen molar-refractivity contribution in [3.05, 3.63) is 45.1 Å². The number of pyridine rings is 1. The highest BCUT2D eigenvalue weighted by Crippen LogP contribution is 1.96. The molecular formula is C7H4FN3O2. The number of nitrogens with one attached hydrogen (secondary N) is 1. The van der Waals surface area contributed by atoms with E-state index in [2.05, 4.69) is 4.98 Å². The molecule has 0 atom stereocenters. The van der Waals surface area contributed by atoms with Gasteiger partial charge in [0.15, 0.2) is 0 Å². The molecule has 0 bridgehead atoms. The zero-order valence-corrected chi connectivity index (χ0v) is 6.32. The fourth-order valence-corrected chi connectivity index (χ4v) is 1.00. The zero-order chi connectivity index (χ0) is 9.42. The van der Waals surface area contributed by atoms with Gasteiger partial charge in [-0.05, 0) is 12.1 Å². The summed E-state index contributed by atoms with van der Waals surface area (Å²) in [6, 6.07) is 2.38. The lowest BCUT2D eigenvalue weighted by atomic mass is 10.4. The van der Waals surface area contributed by atoms with E-state index in [-0.39, 0.29) is 5.65 Å². The Hall–Kier alpha value is -1.98. The van der Waals surface area contributed by atoms with Crippen molar-refractivity contribution in [1.29, 1.82) is 0 Å². The van der Waals surface area contributed by atoms with E-state index in [0.29, 0.717) is 0 Å². The molecule has 66 valence electrons. The van der Waals surface area contributed by atoms with Crippen molar-refractivity contribution in [2.24, 2.45) is 0 Å². The van der Waals surface area contributed by atoms with E-state index in [1.54, 1.807) is 0 Å². The Balaban J connectivity index is 3.04. The molecule has 13 heavy (non-hydrogen) atoms. The minimum Gasteiger partial charge on any atom is -0.257 e. The topological polar surface area (TPSA) is 67.2 Å². The Morgan fingerprint density at radius 2 is 2.15 bits per heavy atom. The molecule has 2 aromatic rings. The average molecular weight is 181 g/mol. The van der Waals surface area contributed by atoms with E-state index in [0.717, 1.165) is 16.7 Å². The van der Waals surface area contributed by atoms with E-state index in [1.165, 1.54) is 6.07 Å². The van der Waals surface area contributed by atoms with Gasteiger partial charge < -0.3 is 0 Å². The average Bonchev–Trinajstić information content (AvgIpc) is 2.06. The van der Waals surface area contributed by atoms with Gasteiger partial charge in [-0.15, -0.1) is 0 Å². The number of rotatable bonds is 0. The predicted molar refractivity (Wildman–Crippen MR) is 42.0 cm³/mol. The molecule has 0 amide bonds. The lowest BCUT2D eigenvalue weighted by Crippen LogP contribution is -2.28. The third-order valence-corrected chi connectivity index (χ3v) is 1.54. The number of halogens is 1. The molecule has 2 aromatic heterocycles. The summed E-state index contributed by atoms with van der Waals surface area (Å²) in [7, 11) is 0. The summed E-state index contributed by atoms with van der Waals surface area (Å²) in [5, 5.41) is 0. The van der Waals surface area contributed by atoms with Crippen LogP contribution in [0.15, 0.2) is 27.9 Å². The number of hydrogen-bond donors (Lipinski definition) is 1. The summed E-state index contributed by atoms with van der Waals surface area (Å²) in [6.45, 7) is 0. The first-order chi connectivity index (χ1) is 6.16. The third-order valence-electron chi connectivity index (χ3n) is 1.54. The molecule has 0 spiro atoms. The summed E-state index contributed by atoms with van der Waals surface area (Å²) in [6.07, 6.45) is 0.959. The SMILES string of the molecule is O=c1nc2ccc(F)cn2c(=O)[nH]1. The highest BCUT2D eigenvalue weighted by atomic mass is 19.1. The molecule has 0 aliphatic rings. The van der Waals surface area contributed by atoms with Gasteiger partial charge in [-0.1, -0.05) is 0 Å². The standard InChI is InChI=1S/C7H4FN3O2/c8-4-1-2-5-9-6(12)10-7(13)11(5)3-4/h1-3H,(H,10,12,13). The highest BCUT2D eigenvalue weighted by Gasteiger charge is 1.99. The van der Waals surface area contributed by atoms with E-state index < -0.39 is 17.2 Å². The summed E-state index contributed by atoms with van der Waals surface area (Å²) in [5.74, 6) is -0.566. The molecule has 0 saturated carbocycles. The first-order valence-corrected chi connectivity index (χ1v) is 3.45. The number of aromatic amines is 1. The maximum absolute atomic E-state index is 12.6. The Kier molecular flexibility index (Phi) is 1.48. The molecule has 0 radical (unpaired) electrons. The molecule has 0 aliphatic carbocycles. The second-order valence-electron chi connectivity index (χ2n) is 2.42. The minimum atomic E-state index is -0.739. The van der Waals surface area contributed by atoms with Crippen LogP contribution in [0.1, 0.15) is 0 Å². The van der Waals surface area contributed by atoms with Gasteiger partial charge in [0.1, 0.15) is 11.5 Å². The summed E-state index contributed by atoms with van der Waals surface area (Å²) in [5.41, 5.74) is -1.32. The zero-order valence-electron chi connectivity index (χ0n) is 6.32. The Morgan fingerprint density at radius 1 is 1.38 bits per heavy atom. The van der Waals surface area contributed by atoms with Gasteiger partial charge in [-0.3, -0.25) is 4.98 Å². The second-order valence-corrected chi connectivity index (χ2v) is 2.42. The van der Waals surface area contributed by atoms with E-state index in [9.17, 15) is 14.0 Å². The van der Waals surface area contributed by atoms with Gasteiger partial charge in [-0.25, -0.2) is 18.4 Å². The van der Waals surface area contributed by atoms with Gasteiger partial charge in [0.2, 0.25) is 0 Å². The third kappa shape index (κ3) is 1.22. The van der Waals surface area contributed by atoms with E-state index in [4.69, 9.17) is 0 Å². The highest BCUT2D eigenvalue weighted by molar-refractivity contribution is 5.35. The van der Waals surface area contributed by atoms with Crippen LogP contribution in [0.2, 0.25) is 0 Å². The normalized spacial score (nSPS) is 10.5. The maximum atomic E-state index is 12.6. The van der Waals surface area contributed by atoms with Crippen LogP contribution in [0, 0.1) is 5.82 Å². The van der Waals surface area contributed by atoms with Crippen molar-refractivity contribution in [3.8, 4) is 0 Å². The molecule has 2 heterocycles. The molecule has 5 nitrogen and oxygen atoms in total. The number of H-pyrrole nitrogens is 1. The summed E-state index contributed by atoms with van der Waals surface area (Å²) < 4.78 is 13.6. The van der Waals surface area contributed by atoms with Gasteiger partial charge in [0, 0.05) is 0 Å². The Bertz CT molecular complexity index is 572. The molecule has 0 aliphatic heterocycles. The smallest absolute Gasteiger partial charge is 0.257 e. The number of fused-ring (bicyclic) bond motifs is 1. The van der Waals surface area contributed by atoms with Crippen LogP contribution in [0.4, 0.5) is 4.39 Å². The molecule has 6 heteroatoms. The number of aromatic nitrogens is 3. The lowest BCUT2D eigenvalue weighted by Gasteiger charge is -1.96. The van der Waals surface area contributed by atoms with Crippen molar-refractivity contribution in [2.45, 2.75) is 0 Å². The quantitative estimate of drug-likeness (QED) is 0.597. The summed E-state index contributed by atoms with van der Waals surface area (Å²) >= 11 is 0. The van der Waals surface area contributed by atoms with E-state index in [1.807, 2.05) is 4.98 Å². The van der Waals surface area contributed by atoms with Crippen LogP contribution in [0.3, 0.4) is 0 Å². The van der Waals surface area contributed by atoms with Crippen LogP contribution in [-0.4, -0.2) is 14.4 Å². The van der Waals surface area contributed by atoms with Gasteiger partial charge in [0.05, 0.1) is 6.20 Å². The van der Waals surface area contributed by atoms with Gasteiger partial charge >= 0.3 is 11.4 Å². The van der Waals surface area contributed by atoms with Crippen molar-refractivity contribution >= 4 is 5.65 Å². The predicted octanol–water partition coefficient (Wildman–Crippen LogP) is -0.478. The number of nitrogens with zero attached hydrogens (tertiary/aromatic N) is 2. The minimum absolute atomic E-state index is 0.121. The molecule has 0 fully saturated rings. The van der Waals surface area contributed by atoms with Crippen LogP contribution >= 0.6 is 0 Å². The van der Waals surface area contributed by atoms with Crippen molar-refractivity contribution in [1.82, 2.24) is 14.4 Å². The Morgan fingerprint density at radius 3 is 2.92 bits per heavy atom. The fourth-order valence-electron chi connectivity index (χ4n) is 1.00. The Labute approximate surface area is 70.5 Å². The molecule has 0 aromatic carbocycles. The summed E-state index contributed by atoms with van der Waals surface area (Å²) in [4.78, 5) is 27.1. The van der Waals surface area contributed by atoms with E-state index >= 15 is 0 Å².